The van der Waals surface area contributed by atoms with Gasteiger partial charge in [-0.05, 0) is 31.9 Å². The molecule has 4 heteroatoms. The molecule has 0 aromatic carbocycles. The lowest BCUT2D eigenvalue weighted by Gasteiger charge is -2.36. The van der Waals surface area contributed by atoms with Crippen LogP contribution in [-0.4, -0.2) is 35.8 Å². The van der Waals surface area contributed by atoms with Crippen molar-refractivity contribution in [3.63, 3.8) is 0 Å². The minimum Gasteiger partial charge on any atom is -0.391 e. The van der Waals surface area contributed by atoms with E-state index in [1.807, 2.05) is 25.2 Å². The van der Waals surface area contributed by atoms with Crippen LogP contribution in [0.3, 0.4) is 0 Å². The number of hydrogen-bond acceptors (Lipinski definition) is 4. The number of hydrogen-bond donors (Lipinski definition) is 2. The molecule has 0 spiro atoms. The second-order valence-electron chi connectivity index (χ2n) is 4.94. The van der Waals surface area contributed by atoms with Crippen molar-refractivity contribution in [3.05, 3.63) is 18.2 Å². The number of likely N-dealkylation sites (N-methyl/N-ethyl adjacent to an activating group) is 1. The molecule has 2 unspecified atom stereocenters. The van der Waals surface area contributed by atoms with Gasteiger partial charge in [0.25, 0.3) is 0 Å². The highest BCUT2D eigenvalue weighted by molar-refractivity contribution is 5.47. The average molecular weight is 249 g/mol. The monoisotopic (exact) mass is 249 g/mol. The summed E-state index contributed by atoms with van der Waals surface area (Å²) in [6.45, 7) is 2.93. The third-order valence-corrected chi connectivity index (χ3v) is 3.65. The van der Waals surface area contributed by atoms with Crippen LogP contribution in [0.25, 0.3) is 0 Å². The third-order valence-electron chi connectivity index (χ3n) is 3.65. The summed E-state index contributed by atoms with van der Waals surface area (Å²) >= 11 is 0. The molecular weight excluding hydrogens is 226 g/mol. The molecular formula is C14H23N3O. The lowest BCUT2D eigenvalue weighted by atomic mass is 9.91. The first-order valence-electron chi connectivity index (χ1n) is 6.84. The van der Waals surface area contributed by atoms with Crippen LogP contribution < -0.4 is 10.2 Å². The first-order chi connectivity index (χ1) is 8.72. The summed E-state index contributed by atoms with van der Waals surface area (Å²) in [5.74, 6) is 1.83. The zero-order valence-corrected chi connectivity index (χ0v) is 11.3. The van der Waals surface area contributed by atoms with Gasteiger partial charge in [-0.15, -0.1) is 0 Å². The smallest absolute Gasteiger partial charge is 0.131 e. The van der Waals surface area contributed by atoms with Crippen molar-refractivity contribution in [2.45, 2.75) is 44.8 Å². The Balaban J connectivity index is 2.11. The molecule has 1 aromatic heterocycles. The van der Waals surface area contributed by atoms with Gasteiger partial charge in [0.15, 0.2) is 0 Å². The molecule has 1 aliphatic rings. The van der Waals surface area contributed by atoms with Crippen molar-refractivity contribution in [2.24, 2.45) is 0 Å². The molecule has 1 aliphatic carbocycles. The minimum atomic E-state index is -0.228. The number of aromatic nitrogens is 1. The Kier molecular flexibility index (Phi) is 4.42. The number of anilines is 2. The molecule has 1 aromatic rings. The average Bonchev–Trinajstić information content (AvgIpc) is 2.39. The number of nitrogens with zero attached hydrogens (tertiary/aromatic N) is 2. The van der Waals surface area contributed by atoms with E-state index in [1.165, 1.54) is 6.42 Å². The maximum Gasteiger partial charge on any atom is 0.131 e. The van der Waals surface area contributed by atoms with Crippen LogP contribution in [0.5, 0.6) is 0 Å². The molecule has 2 N–H and O–H groups in total. The van der Waals surface area contributed by atoms with E-state index in [1.54, 1.807) is 0 Å². The number of nitrogens with one attached hydrogen (secondary N) is 1. The van der Waals surface area contributed by atoms with Crippen LogP contribution in [0.4, 0.5) is 11.6 Å². The topological polar surface area (TPSA) is 48.4 Å². The van der Waals surface area contributed by atoms with Crippen LogP contribution in [-0.2, 0) is 0 Å². The highest BCUT2D eigenvalue weighted by Gasteiger charge is 2.27. The van der Waals surface area contributed by atoms with E-state index in [9.17, 15) is 5.11 Å². The Labute approximate surface area is 109 Å². The van der Waals surface area contributed by atoms with E-state index in [4.69, 9.17) is 0 Å². The van der Waals surface area contributed by atoms with E-state index >= 15 is 0 Å². The van der Waals surface area contributed by atoms with Gasteiger partial charge in [0, 0.05) is 13.6 Å². The van der Waals surface area contributed by atoms with Crippen molar-refractivity contribution >= 4 is 11.6 Å². The van der Waals surface area contributed by atoms with Crippen LogP contribution >= 0.6 is 0 Å². The fourth-order valence-corrected chi connectivity index (χ4v) is 2.61. The Morgan fingerprint density at radius 1 is 1.39 bits per heavy atom. The Morgan fingerprint density at radius 3 is 2.89 bits per heavy atom. The van der Waals surface area contributed by atoms with E-state index in [0.717, 1.165) is 37.4 Å². The van der Waals surface area contributed by atoms with Gasteiger partial charge in [-0.3, -0.25) is 0 Å². The fraction of sp³-hybridized carbons (Fsp3) is 0.643. The minimum absolute atomic E-state index is 0.197. The van der Waals surface area contributed by atoms with Gasteiger partial charge in [-0.1, -0.05) is 18.9 Å². The zero-order valence-electron chi connectivity index (χ0n) is 11.3. The maximum absolute atomic E-state index is 10.1. The molecule has 0 bridgehead atoms. The second-order valence-corrected chi connectivity index (χ2v) is 4.94. The normalized spacial score (nSPS) is 23.7. The summed E-state index contributed by atoms with van der Waals surface area (Å²) in [4.78, 5) is 6.69. The van der Waals surface area contributed by atoms with Crippen LogP contribution in [0.1, 0.15) is 32.6 Å². The van der Waals surface area contributed by atoms with Gasteiger partial charge in [0.05, 0.1) is 12.1 Å². The van der Waals surface area contributed by atoms with Crippen molar-refractivity contribution in [3.8, 4) is 0 Å². The molecule has 4 nitrogen and oxygen atoms in total. The van der Waals surface area contributed by atoms with Gasteiger partial charge < -0.3 is 15.3 Å². The molecule has 1 heterocycles. The first-order valence-corrected chi connectivity index (χ1v) is 6.84. The summed E-state index contributed by atoms with van der Waals surface area (Å²) < 4.78 is 0. The lowest BCUT2D eigenvalue weighted by molar-refractivity contribution is 0.106. The predicted molar refractivity (Wildman–Crippen MR) is 75.1 cm³/mol. The van der Waals surface area contributed by atoms with Crippen molar-refractivity contribution < 1.29 is 5.11 Å². The molecule has 0 saturated heterocycles. The summed E-state index contributed by atoms with van der Waals surface area (Å²) in [5.41, 5.74) is 0. The van der Waals surface area contributed by atoms with Crippen LogP contribution in [0.2, 0.25) is 0 Å². The third kappa shape index (κ3) is 2.93. The molecule has 0 amide bonds. The van der Waals surface area contributed by atoms with E-state index < -0.39 is 0 Å². The van der Waals surface area contributed by atoms with Gasteiger partial charge in [0.1, 0.15) is 11.6 Å². The Morgan fingerprint density at radius 2 is 2.17 bits per heavy atom. The van der Waals surface area contributed by atoms with Crippen molar-refractivity contribution in [2.75, 3.05) is 23.8 Å². The van der Waals surface area contributed by atoms with E-state index in [0.29, 0.717) is 0 Å². The molecule has 0 aliphatic heterocycles. The molecule has 1 saturated carbocycles. The summed E-state index contributed by atoms with van der Waals surface area (Å²) in [6, 6.07) is 6.18. The Bertz CT molecular complexity index is 383. The highest BCUT2D eigenvalue weighted by atomic mass is 16.3. The number of pyridine rings is 1. The standard InChI is InChI=1S/C14H23N3O/c1-3-15-13-9-6-10-14(16-13)17(2)11-7-4-5-8-12(11)18/h6,9-12,18H,3-5,7-8H2,1-2H3,(H,15,16). The van der Waals surface area contributed by atoms with Gasteiger partial charge in [-0.2, -0.15) is 0 Å². The molecule has 100 valence electrons. The van der Waals surface area contributed by atoms with Crippen LogP contribution in [0, 0.1) is 0 Å². The number of aliphatic hydroxyl groups excluding tert-OH is 1. The summed E-state index contributed by atoms with van der Waals surface area (Å²) in [5, 5.41) is 13.3. The first kappa shape index (κ1) is 13.1. The largest absolute Gasteiger partial charge is 0.391 e. The highest BCUT2D eigenvalue weighted by Crippen LogP contribution is 2.26. The molecule has 2 rings (SSSR count). The molecule has 0 radical (unpaired) electrons. The molecule has 1 fully saturated rings. The van der Waals surface area contributed by atoms with Gasteiger partial charge in [-0.25, -0.2) is 4.98 Å². The quantitative estimate of drug-likeness (QED) is 0.859. The zero-order chi connectivity index (χ0) is 13.0. The van der Waals surface area contributed by atoms with Crippen molar-refractivity contribution in [1.82, 2.24) is 4.98 Å². The lowest BCUT2D eigenvalue weighted by Crippen LogP contribution is -2.43. The van der Waals surface area contributed by atoms with Crippen molar-refractivity contribution in [1.29, 1.82) is 0 Å². The summed E-state index contributed by atoms with van der Waals surface area (Å²) in [7, 11) is 2.03. The predicted octanol–water partition coefficient (Wildman–Crippen LogP) is 2.25. The summed E-state index contributed by atoms with van der Waals surface area (Å²) in [6.07, 6.45) is 4.05. The number of rotatable bonds is 4. The number of aliphatic hydroxyl groups is 1. The van der Waals surface area contributed by atoms with E-state index in [2.05, 4.69) is 22.1 Å². The Hall–Kier alpha value is -1.29. The van der Waals surface area contributed by atoms with E-state index in [-0.39, 0.29) is 12.1 Å². The fourth-order valence-electron chi connectivity index (χ4n) is 2.61. The molecule has 18 heavy (non-hydrogen) atoms. The SMILES string of the molecule is CCNc1cccc(N(C)C2CCCCC2O)n1. The van der Waals surface area contributed by atoms with Gasteiger partial charge in [0.2, 0.25) is 0 Å². The second kappa shape index (κ2) is 6.05. The van der Waals surface area contributed by atoms with Gasteiger partial charge >= 0.3 is 0 Å². The van der Waals surface area contributed by atoms with Crippen LogP contribution in [0.15, 0.2) is 18.2 Å². The maximum atomic E-state index is 10.1. The molecule has 2 atom stereocenters.